The Kier molecular flexibility index (Phi) is 5.52. The Labute approximate surface area is 130 Å². The highest BCUT2D eigenvalue weighted by molar-refractivity contribution is 7.91. The van der Waals surface area contributed by atoms with Crippen molar-refractivity contribution in [3.8, 4) is 0 Å². The van der Waals surface area contributed by atoms with E-state index in [1.807, 2.05) is 49.7 Å². The number of benzene rings is 1. The van der Waals surface area contributed by atoms with Gasteiger partial charge >= 0.3 is 0 Å². The van der Waals surface area contributed by atoms with Crippen molar-refractivity contribution in [2.75, 3.05) is 7.05 Å². The van der Waals surface area contributed by atoms with Gasteiger partial charge < -0.3 is 5.32 Å². The van der Waals surface area contributed by atoms with E-state index in [-0.39, 0.29) is 6.04 Å². The van der Waals surface area contributed by atoms with Gasteiger partial charge in [-0.1, -0.05) is 37.3 Å². The highest BCUT2D eigenvalue weighted by Crippen LogP contribution is 2.24. The molecular formula is C15H20N2O2S2. The Morgan fingerprint density at radius 2 is 1.95 bits per heavy atom. The number of thiophene rings is 1. The van der Waals surface area contributed by atoms with Gasteiger partial charge in [-0.05, 0) is 36.0 Å². The van der Waals surface area contributed by atoms with Gasteiger partial charge in [0.25, 0.3) is 10.0 Å². The van der Waals surface area contributed by atoms with Crippen LogP contribution >= 0.6 is 11.3 Å². The number of hydrogen-bond donors (Lipinski definition) is 2. The first kappa shape index (κ1) is 16.2. The van der Waals surface area contributed by atoms with Crippen LogP contribution < -0.4 is 10.0 Å². The first-order chi connectivity index (χ1) is 10.1. The summed E-state index contributed by atoms with van der Waals surface area (Å²) in [6.45, 7) is 2.64. The van der Waals surface area contributed by atoms with Crippen molar-refractivity contribution >= 4 is 21.4 Å². The molecule has 0 saturated carbocycles. The second-order valence-corrected chi connectivity index (χ2v) is 7.65. The van der Waals surface area contributed by atoms with Crippen LogP contribution in [0.1, 0.15) is 30.5 Å². The molecule has 114 valence electrons. The summed E-state index contributed by atoms with van der Waals surface area (Å²) < 4.78 is 28.1. The quantitative estimate of drug-likeness (QED) is 0.823. The lowest BCUT2D eigenvalue weighted by atomic mass is 10.1. The minimum Gasteiger partial charge on any atom is -0.316 e. The maximum atomic E-state index is 12.5. The molecule has 1 aromatic heterocycles. The van der Waals surface area contributed by atoms with Gasteiger partial charge in [0.05, 0.1) is 0 Å². The molecule has 1 unspecified atom stereocenters. The normalized spacial score (nSPS) is 13.2. The van der Waals surface area contributed by atoms with E-state index in [2.05, 4.69) is 10.0 Å². The average Bonchev–Trinajstić information content (AvgIpc) is 2.96. The molecule has 2 aromatic rings. The van der Waals surface area contributed by atoms with Gasteiger partial charge in [0.15, 0.2) is 0 Å². The molecule has 0 saturated heterocycles. The molecule has 1 atom stereocenters. The van der Waals surface area contributed by atoms with Gasteiger partial charge in [0.2, 0.25) is 0 Å². The first-order valence-corrected chi connectivity index (χ1v) is 9.22. The summed E-state index contributed by atoms with van der Waals surface area (Å²) in [7, 11) is -1.64. The van der Waals surface area contributed by atoms with Crippen molar-refractivity contribution in [2.24, 2.45) is 0 Å². The van der Waals surface area contributed by atoms with E-state index in [1.54, 1.807) is 6.07 Å². The molecule has 0 fully saturated rings. The molecule has 0 aliphatic carbocycles. The zero-order chi connectivity index (χ0) is 15.3. The van der Waals surface area contributed by atoms with Crippen molar-refractivity contribution in [1.82, 2.24) is 10.0 Å². The molecule has 0 bridgehead atoms. The molecule has 0 radical (unpaired) electrons. The fourth-order valence-electron chi connectivity index (χ4n) is 2.11. The maximum Gasteiger partial charge on any atom is 0.250 e. The summed E-state index contributed by atoms with van der Waals surface area (Å²) in [5.74, 6) is 0. The van der Waals surface area contributed by atoms with Crippen LogP contribution in [-0.2, 0) is 16.6 Å². The third-order valence-electron chi connectivity index (χ3n) is 3.18. The summed E-state index contributed by atoms with van der Waals surface area (Å²) in [5.41, 5.74) is 1.96. The van der Waals surface area contributed by atoms with Gasteiger partial charge in [0.1, 0.15) is 4.21 Å². The smallest absolute Gasteiger partial charge is 0.250 e. The SMILES string of the molecule is CCC(NS(=O)(=O)c1cc(CNC)cs1)c1ccccc1. The average molecular weight is 324 g/mol. The van der Waals surface area contributed by atoms with Crippen LogP contribution in [0.3, 0.4) is 0 Å². The lowest BCUT2D eigenvalue weighted by molar-refractivity contribution is 0.552. The van der Waals surface area contributed by atoms with Crippen LogP contribution in [-0.4, -0.2) is 15.5 Å². The molecular weight excluding hydrogens is 304 g/mol. The van der Waals surface area contributed by atoms with Crippen LogP contribution in [0.5, 0.6) is 0 Å². The van der Waals surface area contributed by atoms with E-state index in [0.717, 1.165) is 11.1 Å². The molecule has 4 nitrogen and oxygen atoms in total. The second kappa shape index (κ2) is 7.17. The monoisotopic (exact) mass is 324 g/mol. The van der Waals surface area contributed by atoms with Gasteiger partial charge in [-0.25, -0.2) is 13.1 Å². The van der Waals surface area contributed by atoms with E-state index in [4.69, 9.17) is 0 Å². The molecule has 0 amide bonds. The number of sulfonamides is 1. The van der Waals surface area contributed by atoms with Crippen molar-refractivity contribution in [3.63, 3.8) is 0 Å². The lowest BCUT2D eigenvalue weighted by Crippen LogP contribution is -2.27. The fourth-order valence-corrected chi connectivity index (χ4v) is 4.64. The molecule has 21 heavy (non-hydrogen) atoms. The van der Waals surface area contributed by atoms with Crippen molar-refractivity contribution in [3.05, 3.63) is 52.9 Å². The molecule has 2 rings (SSSR count). The molecule has 0 aliphatic heterocycles. The second-order valence-electron chi connectivity index (χ2n) is 4.80. The van der Waals surface area contributed by atoms with Crippen molar-refractivity contribution in [2.45, 2.75) is 30.1 Å². The highest BCUT2D eigenvalue weighted by Gasteiger charge is 2.21. The van der Waals surface area contributed by atoms with Gasteiger partial charge in [-0.15, -0.1) is 11.3 Å². The van der Waals surface area contributed by atoms with Crippen LogP contribution in [0.25, 0.3) is 0 Å². The summed E-state index contributed by atoms with van der Waals surface area (Å²) in [6.07, 6.45) is 0.706. The lowest BCUT2D eigenvalue weighted by Gasteiger charge is -2.16. The summed E-state index contributed by atoms with van der Waals surface area (Å²) >= 11 is 1.25. The molecule has 6 heteroatoms. The predicted molar refractivity (Wildman–Crippen MR) is 86.9 cm³/mol. The van der Waals surface area contributed by atoms with Gasteiger partial charge in [0, 0.05) is 12.6 Å². The van der Waals surface area contributed by atoms with Crippen LogP contribution in [0.4, 0.5) is 0 Å². The molecule has 1 aromatic carbocycles. The fraction of sp³-hybridized carbons (Fsp3) is 0.333. The zero-order valence-electron chi connectivity index (χ0n) is 12.2. The van der Waals surface area contributed by atoms with E-state index in [1.165, 1.54) is 11.3 Å². The molecule has 0 aliphatic rings. The Bertz CT molecular complexity index is 666. The number of rotatable bonds is 7. The number of hydrogen-bond acceptors (Lipinski definition) is 4. The van der Waals surface area contributed by atoms with E-state index in [9.17, 15) is 8.42 Å². The molecule has 0 spiro atoms. The summed E-state index contributed by atoms with van der Waals surface area (Å²) in [6, 6.07) is 11.2. The Morgan fingerprint density at radius 1 is 1.24 bits per heavy atom. The Morgan fingerprint density at radius 3 is 2.57 bits per heavy atom. The predicted octanol–water partition coefficient (Wildman–Crippen LogP) is 2.90. The number of nitrogens with one attached hydrogen (secondary N) is 2. The van der Waals surface area contributed by atoms with Crippen molar-refractivity contribution in [1.29, 1.82) is 0 Å². The Hall–Kier alpha value is -1.21. The third-order valence-corrected chi connectivity index (χ3v) is 6.14. The van der Waals surface area contributed by atoms with Gasteiger partial charge in [-0.2, -0.15) is 0 Å². The minimum absolute atomic E-state index is 0.203. The highest BCUT2D eigenvalue weighted by atomic mass is 32.2. The first-order valence-electron chi connectivity index (χ1n) is 6.86. The minimum atomic E-state index is -3.48. The largest absolute Gasteiger partial charge is 0.316 e. The van der Waals surface area contributed by atoms with Crippen LogP contribution in [0.15, 0.2) is 46.0 Å². The Balaban J connectivity index is 2.19. The zero-order valence-corrected chi connectivity index (χ0v) is 13.8. The van der Waals surface area contributed by atoms with E-state index in [0.29, 0.717) is 17.2 Å². The topological polar surface area (TPSA) is 58.2 Å². The van der Waals surface area contributed by atoms with Crippen LogP contribution in [0.2, 0.25) is 0 Å². The van der Waals surface area contributed by atoms with Crippen molar-refractivity contribution < 1.29 is 8.42 Å². The van der Waals surface area contributed by atoms with Crippen LogP contribution in [0, 0.1) is 0 Å². The summed E-state index contributed by atoms with van der Waals surface area (Å²) in [5, 5.41) is 4.89. The molecule has 2 N–H and O–H groups in total. The van der Waals surface area contributed by atoms with Gasteiger partial charge in [-0.3, -0.25) is 0 Å². The summed E-state index contributed by atoms with van der Waals surface area (Å²) in [4.78, 5) is 0. The third kappa shape index (κ3) is 4.14. The standard InChI is InChI=1S/C15H20N2O2S2/c1-3-14(13-7-5-4-6-8-13)17-21(18,19)15-9-12(10-16-2)11-20-15/h4-9,11,14,16-17H,3,10H2,1-2H3. The van der Waals surface area contributed by atoms with E-state index >= 15 is 0 Å². The van der Waals surface area contributed by atoms with E-state index < -0.39 is 10.0 Å². The maximum absolute atomic E-state index is 12.5. The molecule has 1 heterocycles.